The summed E-state index contributed by atoms with van der Waals surface area (Å²) in [6, 6.07) is 5.18. The van der Waals surface area contributed by atoms with Gasteiger partial charge < -0.3 is 5.73 Å². The Morgan fingerprint density at radius 3 is 2.62 bits per heavy atom. The molecule has 4 heteroatoms. The van der Waals surface area contributed by atoms with Crippen LogP contribution in [0.25, 0.3) is 0 Å². The van der Waals surface area contributed by atoms with Gasteiger partial charge in [0.2, 0.25) is 0 Å². The first-order valence-corrected chi connectivity index (χ1v) is 7.13. The molecule has 2 N–H and O–H groups in total. The Kier molecular flexibility index (Phi) is 2.80. The molecule has 2 unspecified atom stereocenters. The SMILES string of the molecule is CCCC1C(N)c2cccc(C)c2S1(=O)=O. The van der Waals surface area contributed by atoms with Crippen LogP contribution in [0.4, 0.5) is 0 Å². The number of aryl methyl sites for hydroxylation is 1. The minimum atomic E-state index is -3.21. The van der Waals surface area contributed by atoms with Crippen LogP contribution in [0, 0.1) is 6.92 Å². The summed E-state index contributed by atoms with van der Waals surface area (Å²) in [7, 11) is -3.21. The van der Waals surface area contributed by atoms with Crippen LogP contribution < -0.4 is 5.73 Å². The molecule has 0 aliphatic carbocycles. The van der Waals surface area contributed by atoms with Crippen LogP contribution in [0.5, 0.6) is 0 Å². The van der Waals surface area contributed by atoms with Crippen molar-refractivity contribution in [1.29, 1.82) is 0 Å². The zero-order valence-corrected chi connectivity index (χ0v) is 10.4. The van der Waals surface area contributed by atoms with Crippen molar-refractivity contribution in [3.8, 4) is 0 Å². The van der Waals surface area contributed by atoms with E-state index in [1.54, 1.807) is 0 Å². The highest BCUT2D eigenvalue weighted by molar-refractivity contribution is 7.92. The molecule has 0 spiro atoms. The zero-order chi connectivity index (χ0) is 11.9. The predicted molar refractivity (Wildman–Crippen MR) is 64.0 cm³/mol. The van der Waals surface area contributed by atoms with E-state index in [0.29, 0.717) is 11.3 Å². The Morgan fingerprint density at radius 1 is 1.38 bits per heavy atom. The summed E-state index contributed by atoms with van der Waals surface area (Å²) in [5, 5.41) is -0.436. The van der Waals surface area contributed by atoms with Crippen molar-refractivity contribution in [3.05, 3.63) is 29.3 Å². The van der Waals surface area contributed by atoms with Gasteiger partial charge in [0.25, 0.3) is 0 Å². The minimum Gasteiger partial charge on any atom is -0.323 e. The number of rotatable bonds is 2. The van der Waals surface area contributed by atoms with Crippen LogP contribution in [0.15, 0.2) is 23.1 Å². The summed E-state index contributed by atoms with van der Waals surface area (Å²) in [5.74, 6) is 0. The van der Waals surface area contributed by atoms with E-state index in [1.807, 2.05) is 32.0 Å². The maximum absolute atomic E-state index is 12.3. The van der Waals surface area contributed by atoms with Gasteiger partial charge in [-0.25, -0.2) is 8.42 Å². The molecule has 16 heavy (non-hydrogen) atoms. The highest BCUT2D eigenvalue weighted by Gasteiger charge is 2.43. The summed E-state index contributed by atoms with van der Waals surface area (Å²) in [6.07, 6.45) is 1.47. The third kappa shape index (κ3) is 1.48. The molecule has 1 aliphatic heterocycles. The van der Waals surface area contributed by atoms with Gasteiger partial charge in [0.1, 0.15) is 0 Å². The fourth-order valence-electron chi connectivity index (χ4n) is 2.49. The molecular weight excluding hydrogens is 222 g/mol. The second kappa shape index (κ2) is 3.86. The second-order valence-electron chi connectivity index (χ2n) is 4.39. The predicted octanol–water partition coefficient (Wildman–Crippen LogP) is 1.95. The molecule has 3 nitrogen and oxygen atoms in total. The molecule has 0 saturated carbocycles. The molecule has 2 rings (SSSR count). The molecule has 0 fully saturated rings. The Balaban J connectivity index is 2.63. The molecule has 0 saturated heterocycles. The molecular formula is C12H17NO2S. The number of benzene rings is 1. The van der Waals surface area contributed by atoms with Gasteiger partial charge in [0.15, 0.2) is 9.84 Å². The van der Waals surface area contributed by atoms with Crippen molar-refractivity contribution in [2.45, 2.75) is 42.9 Å². The van der Waals surface area contributed by atoms with E-state index < -0.39 is 15.1 Å². The van der Waals surface area contributed by atoms with Gasteiger partial charge in [-0.05, 0) is 24.5 Å². The Labute approximate surface area is 96.6 Å². The molecule has 0 radical (unpaired) electrons. The highest BCUT2D eigenvalue weighted by atomic mass is 32.2. The van der Waals surface area contributed by atoms with Crippen LogP contribution >= 0.6 is 0 Å². The average molecular weight is 239 g/mol. The smallest absolute Gasteiger partial charge is 0.183 e. The van der Waals surface area contributed by atoms with E-state index in [9.17, 15) is 8.42 Å². The molecule has 1 heterocycles. The molecule has 1 aromatic rings. The number of hydrogen-bond acceptors (Lipinski definition) is 3. The lowest BCUT2D eigenvalue weighted by Gasteiger charge is -2.13. The van der Waals surface area contributed by atoms with Crippen molar-refractivity contribution < 1.29 is 8.42 Å². The normalized spacial score (nSPS) is 26.7. The zero-order valence-electron chi connectivity index (χ0n) is 9.60. The van der Waals surface area contributed by atoms with Gasteiger partial charge in [-0.1, -0.05) is 31.5 Å². The number of nitrogens with two attached hydrogens (primary N) is 1. The van der Waals surface area contributed by atoms with Crippen LogP contribution in [0.3, 0.4) is 0 Å². The Bertz CT molecular complexity index is 508. The van der Waals surface area contributed by atoms with Gasteiger partial charge in [-0.15, -0.1) is 0 Å². The first-order valence-electron chi connectivity index (χ1n) is 5.59. The molecule has 88 valence electrons. The van der Waals surface area contributed by atoms with Gasteiger partial charge in [0.05, 0.1) is 10.1 Å². The number of sulfone groups is 1. The lowest BCUT2D eigenvalue weighted by Crippen LogP contribution is -2.26. The molecule has 0 bridgehead atoms. The van der Waals surface area contributed by atoms with Gasteiger partial charge in [-0.3, -0.25) is 0 Å². The molecule has 0 amide bonds. The third-order valence-corrected chi connectivity index (χ3v) is 5.71. The maximum atomic E-state index is 12.3. The van der Waals surface area contributed by atoms with Crippen LogP contribution in [0.2, 0.25) is 0 Å². The lowest BCUT2D eigenvalue weighted by molar-refractivity contribution is 0.555. The summed E-state index contributed by atoms with van der Waals surface area (Å²) in [4.78, 5) is 0.473. The Hall–Kier alpha value is -0.870. The number of hydrogen-bond donors (Lipinski definition) is 1. The average Bonchev–Trinajstić information content (AvgIpc) is 2.41. The molecule has 0 aromatic heterocycles. The largest absolute Gasteiger partial charge is 0.323 e. The van der Waals surface area contributed by atoms with Crippen LogP contribution in [-0.2, 0) is 9.84 Å². The fraction of sp³-hybridized carbons (Fsp3) is 0.500. The first kappa shape index (κ1) is 11.6. The fourth-order valence-corrected chi connectivity index (χ4v) is 4.92. The van der Waals surface area contributed by atoms with Gasteiger partial charge >= 0.3 is 0 Å². The molecule has 1 aliphatic rings. The van der Waals surface area contributed by atoms with Crippen molar-refractivity contribution in [2.24, 2.45) is 5.73 Å². The van der Waals surface area contributed by atoms with Crippen molar-refractivity contribution >= 4 is 9.84 Å². The third-order valence-electron chi connectivity index (χ3n) is 3.26. The summed E-state index contributed by atoms with van der Waals surface area (Å²) in [5.41, 5.74) is 7.64. The quantitative estimate of drug-likeness (QED) is 0.858. The van der Waals surface area contributed by atoms with Gasteiger partial charge in [-0.2, -0.15) is 0 Å². The summed E-state index contributed by atoms with van der Waals surface area (Å²) < 4.78 is 24.7. The maximum Gasteiger partial charge on any atom is 0.183 e. The van der Waals surface area contributed by atoms with E-state index in [4.69, 9.17) is 5.73 Å². The van der Waals surface area contributed by atoms with E-state index in [0.717, 1.165) is 17.5 Å². The van der Waals surface area contributed by atoms with Crippen molar-refractivity contribution in [3.63, 3.8) is 0 Å². The van der Waals surface area contributed by atoms with E-state index in [2.05, 4.69) is 0 Å². The molecule has 2 atom stereocenters. The minimum absolute atomic E-state index is 0.361. The van der Waals surface area contributed by atoms with E-state index >= 15 is 0 Å². The van der Waals surface area contributed by atoms with Gasteiger partial charge in [0, 0.05) is 6.04 Å². The van der Waals surface area contributed by atoms with Crippen molar-refractivity contribution in [2.75, 3.05) is 0 Å². The summed E-state index contributed by atoms with van der Waals surface area (Å²) in [6.45, 7) is 3.81. The standard InChI is InChI=1S/C12H17NO2S/c1-3-5-10-11(13)9-7-4-6-8(2)12(9)16(10,14)15/h4,6-7,10-11H,3,5,13H2,1-2H3. The van der Waals surface area contributed by atoms with Crippen LogP contribution in [-0.4, -0.2) is 13.7 Å². The first-order chi connectivity index (χ1) is 7.50. The lowest BCUT2D eigenvalue weighted by atomic mass is 10.0. The summed E-state index contributed by atoms with van der Waals surface area (Å²) >= 11 is 0. The Morgan fingerprint density at radius 2 is 2.06 bits per heavy atom. The highest BCUT2D eigenvalue weighted by Crippen LogP contribution is 2.41. The molecule has 1 aromatic carbocycles. The van der Waals surface area contributed by atoms with Crippen molar-refractivity contribution in [1.82, 2.24) is 0 Å². The van der Waals surface area contributed by atoms with Crippen LogP contribution in [0.1, 0.15) is 36.9 Å². The second-order valence-corrected chi connectivity index (χ2v) is 6.49. The monoisotopic (exact) mass is 239 g/mol. The number of fused-ring (bicyclic) bond motifs is 1. The topological polar surface area (TPSA) is 60.2 Å². The van der Waals surface area contributed by atoms with E-state index in [1.165, 1.54) is 0 Å². The van der Waals surface area contributed by atoms with E-state index in [-0.39, 0.29) is 6.04 Å².